The van der Waals surface area contributed by atoms with Crippen LogP contribution in [0.5, 0.6) is 11.5 Å². The highest BCUT2D eigenvalue weighted by Gasteiger charge is 2.35. The summed E-state index contributed by atoms with van der Waals surface area (Å²) in [6, 6.07) is 12.6. The molecule has 3 heterocycles. The molecule has 1 aromatic carbocycles. The molecule has 0 unspecified atom stereocenters. The van der Waals surface area contributed by atoms with E-state index in [1.54, 1.807) is 30.8 Å². The Kier molecular flexibility index (Phi) is 5.33. The molecule has 29 heavy (non-hydrogen) atoms. The van der Waals surface area contributed by atoms with E-state index in [2.05, 4.69) is 4.98 Å². The number of hydrogen-bond acceptors (Lipinski definition) is 6. The van der Waals surface area contributed by atoms with Crippen molar-refractivity contribution in [1.29, 1.82) is 0 Å². The van der Waals surface area contributed by atoms with Gasteiger partial charge in [0.2, 0.25) is 0 Å². The standard InChI is InChI=1S/C21H22N2O4S2/c1-14-16-13-19(27-3)18(26-2)12-15(16)9-11-23(14)29(24,25)21-8-7-20(28-21)17-6-4-5-10-22-17/h4-8,10,12-14H,9,11H2,1-3H3/t14-/m1/s1. The van der Waals surface area contributed by atoms with Gasteiger partial charge < -0.3 is 9.47 Å². The van der Waals surface area contributed by atoms with Gasteiger partial charge in [0, 0.05) is 18.8 Å². The molecule has 152 valence electrons. The quantitative estimate of drug-likeness (QED) is 0.609. The van der Waals surface area contributed by atoms with Crippen LogP contribution in [-0.4, -0.2) is 38.5 Å². The molecular weight excluding hydrogens is 408 g/mol. The fourth-order valence-electron chi connectivity index (χ4n) is 3.67. The molecule has 1 atom stereocenters. The van der Waals surface area contributed by atoms with E-state index in [4.69, 9.17) is 9.47 Å². The molecule has 3 aromatic rings. The van der Waals surface area contributed by atoms with Crippen LogP contribution in [0.4, 0.5) is 0 Å². The second-order valence-electron chi connectivity index (χ2n) is 6.78. The lowest BCUT2D eigenvalue weighted by molar-refractivity contribution is 0.319. The number of nitrogens with zero attached hydrogens (tertiary/aromatic N) is 2. The summed E-state index contributed by atoms with van der Waals surface area (Å²) in [5.41, 5.74) is 2.80. The van der Waals surface area contributed by atoms with E-state index in [0.717, 1.165) is 21.7 Å². The van der Waals surface area contributed by atoms with Crippen molar-refractivity contribution in [2.75, 3.05) is 20.8 Å². The zero-order chi connectivity index (χ0) is 20.6. The molecule has 0 spiro atoms. The minimum Gasteiger partial charge on any atom is -0.493 e. The molecular formula is C21H22N2O4S2. The van der Waals surface area contributed by atoms with Gasteiger partial charge in [-0.05, 0) is 60.9 Å². The topological polar surface area (TPSA) is 68.7 Å². The molecule has 0 aliphatic carbocycles. The highest BCUT2D eigenvalue weighted by atomic mass is 32.2. The second kappa shape index (κ2) is 7.78. The summed E-state index contributed by atoms with van der Waals surface area (Å²) in [5.74, 6) is 1.26. The highest BCUT2D eigenvalue weighted by molar-refractivity contribution is 7.91. The van der Waals surface area contributed by atoms with Gasteiger partial charge in [-0.3, -0.25) is 4.98 Å². The van der Waals surface area contributed by atoms with Gasteiger partial charge in [-0.1, -0.05) is 6.07 Å². The summed E-state index contributed by atoms with van der Waals surface area (Å²) in [6.45, 7) is 2.33. The number of aromatic nitrogens is 1. The molecule has 6 nitrogen and oxygen atoms in total. The fourth-order valence-corrected chi connectivity index (χ4v) is 6.70. The largest absolute Gasteiger partial charge is 0.493 e. The molecule has 0 bridgehead atoms. The van der Waals surface area contributed by atoms with Crippen molar-refractivity contribution < 1.29 is 17.9 Å². The molecule has 4 rings (SSSR count). The molecule has 0 N–H and O–H groups in total. The molecule has 8 heteroatoms. The first kappa shape index (κ1) is 19.9. The first-order chi connectivity index (χ1) is 14.0. The summed E-state index contributed by atoms with van der Waals surface area (Å²) < 4.78 is 39.5. The SMILES string of the molecule is COc1cc2c(cc1OC)[C@@H](C)N(S(=O)(=O)c1ccc(-c3ccccn3)s1)CC2. The predicted molar refractivity (Wildman–Crippen MR) is 113 cm³/mol. The van der Waals surface area contributed by atoms with Gasteiger partial charge in [-0.25, -0.2) is 8.42 Å². The Morgan fingerprint density at radius 1 is 1.10 bits per heavy atom. The number of sulfonamides is 1. The van der Waals surface area contributed by atoms with E-state index in [0.29, 0.717) is 28.7 Å². The first-order valence-electron chi connectivity index (χ1n) is 9.23. The maximum atomic E-state index is 13.4. The Bertz CT molecular complexity index is 1130. The number of ether oxygens (including phenoxy) is 2. The van der Waals surface area contributed by atoms with Gasteiger partial charge in [-0.15, -0.1) is 11.3 Å². The van der Waals surface area contributed by atoms with E-state index in [1.807, 2.05) is 43.3 Å². The van der Waals surface area contributed by atoms with Crippen molar-refractivity contribution in [2.24, 2.45) is 0 Å². The Labute approximate surface area is 174 Å². The third-order valence-corrected chi connectivity index (χ3v) is 8.74. The van der Waals surface area contributed by atoms with Crippen molar-refractivity contribution in [3.63, 3.8) is 0 Å². The van der Waals surface area contributed by atoms with Crippen molar-refractivity contribution in [3.8, 4) is 22.1 Å². The van der Waals surface area contributed by atoms with Crippen molar-refractivity contribution in [1.82, 2.24) is 9.29 Å². The van der Waals surface area contributed by atoms with Crippen LogP contribution in [0.3, 0.4) is 0 Å². The number of methoxy groups -OCH3 is 2. The van der Waals surface area contributed by atoms with Crippen LogP contribution in [0.25, 0.3) is 10.6 Å². The average molecular weight is 431 g/mol. The smallest absolute Gasteiger partial charge is 0.253 e. The Balaban J connectivity index is 1.68. The van der Waals surface area contributed by atoms with Crippen LogP contribution in [0.1, 0.15) is 24.1 Å². The molecule has 0 amide bonds. The number of pyridine rings is 1. The lowest BCUT2D eigenvalue weighted by atomic mass is 9.94. The molecule has 1 aliphatic rings. The van der Waals surface area contributed by atoms with Gasteiger partial charge in [-0.2, -0.15) is 4.31 Å². The minimum atomic E-state index is -3.62. The van der Waals surface area contributed by atoms with Crippen LogP contribution in [0, 0.1) is 0 Å². The zero-order valence-corrected chi connectivity index (χ0v) is 18.1. The Hall–Kier alpha value is -2.42. The Morgan fingerprint density at radius 3 is 2.55 bits per heavy atom. The highest BCUT2D eigenvalue weighted by Crippen LogP contribution is 2.41. The lowest BCUT2D eigenvalue weighted by Gasteiger charge is -2.34. The maximum absolute atomic E-state index is 13.4. The monoisotopic (exact) mass is 430 g/mol. The number of rotatable bonds is 5. The fraction of sp³-hybridized carbons (Fsp3) is 0.286. The van der Waals surface area contributed by atoms with Gasteiger partial charge in [0.25, 0.3) is 10.0 Å². The summed E-state index contributed by atoms with van der Waals surface area (Å²) in [4.78, 5) is 5.15. The molecule has 0 fully saturated rings. The predicted octanol–water partition coefficient (Wildman–Crippen LogP) is 4.14. The molecule has 1 aliphatic heterocycles. The molecule has 0 radical (unpaired) electrons. The molecule has 0 saturated heterocycles. The van der Waals surface area contributed by atoms with Crippen LogP contribution >= 0.6 is 11.3 Å². The maximum Gasteiger partial charge on any atom is 0.253 e. The van der Waals surface area contributed by atoms with E-state index >= 15 is 0 Å². The third kappa shape index (κ3) is 3.52. The van der Waals surface area contributed by atoms with Crippen LogP contribution in [0.2, 0.25) is 0 Å². The summed E-state index contributed by atoms with van der Waals surface area (Å²) in [5, 5.41) is 0. The zero-order valence-electron chi connectivity index (χ0n) is 16.5. The van der Waals surface area contributed by atoms with Crippen molar-refractivity contribution in [3.05, 3.63) is 59.8 Å². The van der Waals surface area contributed by atoms with Crippen LogP contribution in [0.15, 0.2) is 52.9 Å². The van der Waals surface area contributed by atoms with E-state index in [1.165, 1.54) is 11.3 Å². The molecule has 2 aromatic heterocycles. The van der Waals surface area contributed by atoms with E-state index < -0.39 is 10.0 Å². The van der Waals surface area contributed by atoms with Crippen LogP contribution in [-0.2, 0) is 16.4 Å². The molecule has 0 saturated carbocycles. The summed E-state index contributed by atoms with van der Waals surface area (Å²) in [6.07, 6.45) is 2.33. The average Bonchev–Trinajstić information content (AvgIpc) is 3.25. The normalized spacial score (nSPS) is 17.0. The third-order valence-electron chi connectivity index (χ3n) is 5.19. The van der Waals surface area contributed by atoms with E-state index in [9.17, 15) is 8.42 Å². The summed E-state index contributed by atoms with van der Waals surface area (Å²) in [7, 11) is -0.444. The van der Waals surface area contributed by atoms with Gasteiger partial charge in [0.15, 0.2) is 11.5 Å². The lowest BCUT2D eigenvalue weighted by Crippen LogP contribution is -2.38. The number of thiophene rings is 1. The van der Waals surface area contributed by atoms with Crippen LogP contribution < -0.4 is 9.47 Å². The van der Waals surface area contributed by atoms with Gasteiger partial charge in [0.1, 0.15) is 4.21 Å². The number of fused-ring (bicyclic) bond motifs is 1. The van der Waals surface area contributed by atoms with Crippen molar-refractivity contribution in [2.45, 2.75) is 23.6 Å². The van der Waals surface area contributed by atoms with E-state index in [-0.39, 0.29) is 6.04 Å². The minimum absolute atomic E-state index is 0.302. The summed E-state index contributed by atoms with van der Waals surface area (Å²) >= 11 is 1.25. The van der Waals surface area contributed by atoms with Crippen molar-refractivity contribution >= 4 is 21.4 Å². The number of benzene rings is 1. The Morgan fingerprint density at radius 2 is 1.86 bits per heavy atom. The van der Waals surface area contributed by atoms with Gasteiger partial charge in [0.05, 0.1) is 24.8 Å². The van der Waals surface area contributed by atoms with Gasteiger partial charge >= 0.3 is 0 Å². The second-order valence-corrected chi connectivity index (χ2v) is 9.98. The first-order valence-corrected chi connectivity index (χ1v) is 11.5. The number of hydrogen-bond donors (Lipinski definition) is 0.